The minimum atomic E-state index is -0.00807. The highest BCUT2D eigenvalue weighted by Gasteiger charge is 2.06. The maximum atomic E-state index is 12.0. The van der Waals surface area contributed by atoms with Gasteiger partial charge in [-0.25, -0.2) is 0 Å². The summed E-state index contributed by atoms with van der Waals surface area (Å²) in [5, 5.41) is 8.84. The van der Waals surface area contributed by atoms with Crippen molar-refractivity contribution >= 4 is 44.8 Å². The number of hydrogen-bond donors (Lipinski definition) is 3. The predicted octanol–water partition coefficient (Wildman–Crippen LogP) is 5.02. The van der Waals surface area contributed by atoms with Gasteiger partial charge in [0.05, 0.1) is 11.4 Å². The molecule has 2 amide bonds. The van der Waals surface area contributed by atoms with E-state index in [0.29, 0.717) is 12.8 Å². The van der Waals surface area contributed by atoms with Gasteiger partial charge in [-0.05, 0) is 43.2 Å². The van der Waals surface area contributed by atoms with Crippen molar-refractivity contribution in [2.45, 2.75) is 32.1 Å². The molecule has 0 aromatic heterocycles. The first-order chi connectivity index (χ1) is 12.6. The third-order valence-corrected chi connectivity index (χ3v) is 4.38. The molecule has 5 nitrogen and oxygen atoms in total. The van der Waals surface area contributed by atoms with Gasteiger partial charge in [-0.3, -0.25) is 9.59 Å². The zero-order valence-electron chi connectivity index (χ0n) is 14.8. The summed E-state index contributed by atoms with van der Waals surface area (Å²) in [6.07, 6.45) is 3.27. The van der Waals surface area contributed by atoms with Crippen LogP contribution < -0.4 is 16.0 Å². The Morgan fingerprint density at radius 1 is 0.846 bits per heavy atom. The SMILES string of the molecule is CNc1ccccc1NC(=O)CCCCCC(=O)Nc1cccc(Br)c1. The highest BCUT2D eigenvalue weighted by atomic mass is 79.9. The molecular formula is C20H24BrN3O2. The van der Waals surface area contributed by atoms with E-state index in [2.05, 4.69) is 31.9 Å². The van der Waals surface area contributed by atoms with Gasteiger partial charge in [-0.1, -0.05) is 40.5 Å². The van der Waals surface area contributed by atoms with Crippen LogP contribution in [0.15, 0.2) is 53.0 Å². The second kappa shape index (κ2) is 10.6. The molecule has 0 aliphatic rings. The van der Waals surface area contributed by atoms with Crippen LogP contribution in [0.5, 0.6) is 0 Å². The number of hydrogen-bond acceptors (Lipinski definition) is 3. The Morgan fingerprint density at radius 3 is 2.15 bits per heavy atom. The second-order valence-corrected chi connectivity index (χ2v) is 6.88. The third-order valence-electron chi connectivity index (χ3n) is 3.89. The predicted molar refractivity (Wildman–Crippen MR) is 110 cm³/mol. The molecule has 2 aromatic rings. The molecule has 2 aromatic carbocycles. The molecule has 0 saturated heterocycles. The standard InChI is InChI=1S/C20H24BrN3O2/c1-22-17-10-5-6-11-18(17)24-20(26)13-4-2-3-12-19(25)23-16-9-7-8-15(21)14-16/h5-11,14,22H,2-4,12-13H2,1H3,(H,23,25)(H,24,26). The molecule has 0 radical (unpaired) electrons. The number of benzene rings is 2. The molecule has 0 heterocycles. The highest BCUT2D eigenvalue weighted by Crippen LogP contribution is 2.20. The first kappa shape index (κ1) is 20.0. The molecule has 0 aliphatic heterocycles. The Balaban J connectivity index is 1.62. The van der Waals surface area contributed by atoms with Crippen LogP contribution >= 0.6 is 15.9 Å². The van der Waals surface area contributed by atoms with Gasteiger partial charge in [0.1, 0.15) is 0 Å². The summed E-state index contributed by atoms with van der Waals surface area (Å²) in [4.78, 5) is 23.9. The van der Waals surface area contributed by atoms with Gasteiger partial charge in [0, 0.05) is 30.0 Å². The second-order valence-electron chi connectivity index (χ2n) is 5.96. The minimum absolute atomic E-state index is 0.00417. The minimum Gasteiger partial charge on any atom is -0.386 e. The Hall–Kier alpha value is -2.34. The van der Waals surface area contributed by atoms with Crippen molar-refractivity contribution in [1.29, 1.82) is 0 Å². The highest BCUT2D eigenvalue weighted by molar-refractivity contribution is 9.10. The van der Waals surface area contributed by atoms with Gasteiger partial charge in [0.2, 0.25) is 11.8 Å². The summed E-state index contributed by atoms with van der Waals surface area (Å²) in [7, 11) is 1.82. The summed E-state index contributed by atoms with van der Waals surface area (Å²) in [6.45, 7) is 0. The van der Waals surface area contributed by atoms with Crippen molar-refractivity contribution in [2.75, 3.05) is 23.0 Å². The van der Waals surface area contributed by atoms with E-state index < -0.39 is 0 Å². The number of para-hydroxylation sites is 2. The summed E-state index contributed by atoms with van der Waals surface area (Å²) < 4.78 is 0.932. The van der Waals surface area contributed by atoms with Crippen molar-refractivity contribution in [3.05, 3.63) is 53.0 Å². The molecule has 0 bridgehead atoms. The molecule has 2 rings (SSSR count). The summed E-state index contributed by atoms with van der Waals surface area (Å²) in [5.41, 5.74) is 2.46. The number of carbonyl (C=O) groups is 2. The number of carbonyl (C=O) groups excluding carboxylic acids is 2. The lowest BCUT2D eigenvalue weighted by Gasteiger charge is -2.10. The normalized spacial score (nSPS) is 10.2. The van der Waals surface area contributed by atoms with E-state index in [0.717, 1.165) is 40.8 Å². The average Bonchev–Trinajstić information content (AvgIpc) is 2.62. The molecule has 0 aliphatic carbocycles. The van der Waals surface area contributed by atoms with E-state index in [1.165, 1.54) is 0 Å². The molecule has 6 heteroatoms. The number of rotatable bonds is 9. The lowest BCUT2D eigenvalue weighted by Crippen LogP contribution is -2.13. The zero-order chi connectivity index (χ0) is 18.8. The molecule has 0 saturated carbocycles. The summed E-state index contributed by atoms with van der Waals surface area (Å²) in [5.74, 6) is -0.0122. The summed E-state index contributed by atoms with van der Waals surface area (Å²) in [6, 6.07) is 15.1. The Kier molecular flexibility index (Phi) is 8.15. The van der Waals surface area contributed by atoms with Crippen LogP contribution in [0.1, 0.15) is 32.1 Å². The van der Waals surface area contributed by atoms with Gasteiger partial charge in [0.15, 0.2) is 0 Å². The monoisotopic (exact) mass is 417 g/mol. The van der Waals surface area contributed by atoms with Crippen molar-refractivity contribution in [3.8, 4) is 0 Å². The summed E-state index contributed by atoms with van der Waals surface area (Å²) >= 11 is 3.38. The Morgan fingerprint density at radius 2 is 1.50 bits per heavy atom. The van der Waals surface area contributed by atoms with Gasteiger partial charge >= 0.3 is 0 Å². The largest absolute Gasteiger partial charge is 0.386 e. The number of unbranched alkanes of at least 4 members (excludes halogenated alkanes) is 2. The maximum Gasteiger partial charge on any atom is 0.224 e. The average molecular weight is 418 g/mol. The van der Waals surface area contributed by atoms with Gasteiger partial charge in [-0.15, -0.1) is 0 Å². The van der Waals surface area contributed by atoms with Crippen LogP contribution in [0.4, 0.5) is 17.1 Å². The molecule has 0 fully saturated rings. The van der Waals surface area contributed by atoms with E-state index in [1.807, 2.05) is 55.6 Å². The maximum absolute atomic E-state index is 12.0. The fraction of sp³-hybridized carbons (Fsp3) is 0.300. The fourth-order valence-electron chi connectivity index (χ4n) is 2.56. The van der Waals surface area contributed by atoms with Crippen molar-refractivity contribution in [1.82, 2.24) is 0 Å². The van der Waals surface area contributed by atoms with Crippen LogP contribution in [-0.2, 0) is 9.59 Å². The lowest BCUT2D eigenvalue weighted by atomic mass is 10.1. The van der Waals surface area contributed by atoms with Gasteiger partial charge < -0.3 is 16.0 Å². The van der Waals surface area contributed by atoms with Crippen LogP contribution in [0.2, 0.25) is 0 Å². The fourth-order valence-corrected chi connectivity index (χ4v) is 2.96. The van der Waals surface area contributed by atoms with E-state index in [4.69, 9.17) is 0 Å². The smallest absolute Gasteiger partial charge is 0.224 e. The van der Waals surface area contributed by atoms with E-state index >= 15 is 0 Å². The molecule has 0 unspecified atom stereocenters. The van der Waals surface area contributed by atoms with E-state index in [-0.39, 0.29) is 11.8 Å². The van der Waals surface area contributed by atoms with Gasteiger partial charge in [0.25, 0.3) is 0 Å². The van der Waals surface area contributed by atoms with Crippen molar-refractivity contribution in [3.63, 3.8) is 0 Å². The number of halogens is 1. The van der Waals surface area contributed by atoms with Crippen LogP contribution in [0, 0.1) is 0 Å². The van der Waals surface area contributed by atoms with E-state index in [9.17, 15) is 9.59 Å². The third kappa shape index (κ3) is 6.88. The Labute approximate surface area is 162 Å². The zero-order valence-corrected chi connectivity index (χ0v) is 16.4. The van der Waals surface area contributed by atoms with Crippen molar-refractivity contribution < 1.29 is 9.59 Å². The number of amides is 2. The molecule has 3 N–H and O–H groups in total. The molecule has 26 heavy (non-hydrogen) atoms. The van der Waals surface area contributed by atoms with Crippen LogP contribution in [0.3, 0.4) is 0 Å². The first-order valence-electron chi connectivity index (χ1n) is 8.70. The van der Waals surface area contributed by atoms with Crippen molar-refractivity contribution in [2.24, 2.45) is 0 Å². The quantitative estimate of drug-likeness (QED) is 0.501. The lowest BCUT2D eigenvalue weighted by molar-refractivity contribution is -0.116. The molecular weight excluding hydrogens is 394 g/mol. The molecule has 0 atom stereocenters. The number of nitrogens with one attached hydrogen (secondary N) is 3. The molecule has 0 spiro atoms. The number of anilines is 3. The topological polar surface area (TPSA) is 70.2 Å². The Bertz CT molecular complexity index is 749. The van der Waals surface area contributed by atoms with Crippen LogP contribution in [-0.4, -0.2) is 18.9 Å². The van der Waals surface area contributed by atoms with Gasteiger partial charge in [-0.2, -0.15) is 0 Å². The first-order valence-corrected chi connectivity index (χ1v) is 9.50. The van der Waals surface area contributed by atoms with Crippen LogP contribution in [0.25, 0.3) is 0 Å². The van der Waals surface area contributed by atoms with E-state index in [1.54, 1.807) is 0 Å². The molecule has 138 valence electrons.